The Kier molecular flexibility index (Phi) is 12.8. The smallest absolute Gasteiger partial charge is 0.305 e. The highest BCUT2D eigenvalue weighted by Crippen LogP contribution is 2.29. The largest absolute Gasteiger partial charge is 0.481 e. The molecule has 1 saturated heterocycles. The van der Waals surface area contributed by atoms with Gasteiger partial charge < -0.3 is 33.7 Å². The molecule has 1 unspecified atom stereocenters. The van der Waals surface area contributed by atoms with Crippen molar-refractivity contribution in [3.63, 3.8) is 0 Å². The van der Waals surface area contributed by atoms with E-state index in [1.807, 2.05) is 6.07 Å². The Hall–Kier alpha value is -3.34. The lowest BCUT2D eigenvalue weighted by Crippen LogP contribution is -2.52. The molecule has 1 aromatic carbocycles. The minimum atomic E-state index is -0.889. The Bertz CT molecular complexity index is 1060. The molecule has 3 rings (SSSR count). The summed E-state index contributed by atoms with van der Waals surface area (Å²) in [7, 11) is 0. The summed E-state index contributed by atoms with van der Waals surface area (Å²) in [5, 5.41) is 10.8. The van der Waals surface area contributed by atoms with E-state index >= 15 is 0 Å². The number of fused-ring (bicyclic) bond motifs is 1. The van der Waals surface area contributed by atoms with Crippen molar-refractivity contribution < 1.29 is 48.0 Å². The number of rotatable bonds is 17. The van der Waals surface area contributed by atoms with Crippen LogP contribution in [-0.2, 0) is 44.6 Å². The lowest BCUT2D eigenvalue weighted by atomic mass is 10.0. The number of carboxylic acid groups (broad SMARTS) is 1. The monoisotopic (exact) mass is 546 g/mol. The highest BCUT2D eigenvalue weighted by atomic mass is 16.6. The van der Waals surface area contributed by atoms with Crippen LogP contribution in [0.1, 0.15) is 40.7 Å². The van der Waals surface area contributed by atoms with Crippen LogP contribution < -0.4 is 5.32 Å². The Labute approximate surface area is 226 Å². The quantitative estimate of drug-likeness (QED) is 0.159. The third-order valence-electron chi connectivity index (χ3n) is 5.93. The van der Waals surface area contributed by atoms with Crippen LogP contribution in [0.3, 0.4) is 0 Å². The van der Waals surface area contributed by atoms with Crippen LogP contribution in [0.5, 0.6) is 0 Å². The zero-order valence-electron chi connectivity index (χ0n) is 21.8. The topological polar surface area (TPSA) is 150 Å². The third-order valence-corrected chi connectivity index (χ3v) is 5.93. The van der Waals surface area contributed by atoms with Crippen molar-refractivity contribution in [2.75, 3.05) is 66.1 Å². The molecule has 2 N–H and O–H groups in total. The van der Waals surface area contributed by atoms with Gasteiger partial charge in [0.1, 0.15) is 12.6 Å². The van der Waals surface area contributed by atoms with Gasteiger partial charge in [-0.25, -0.2) is 0 Å². The first-order valence-corrected chi connectivity index (χ1v) is 12.8. The molecule has 0 aromatic heterocycles. The molecule has 2 aliphatic rings. The number of aliphatic carboxylic acids is 1. The molecule has 39 heavy (non-hydrogen) atoms. The van der Waals surface area contributed by atoms with Gasteiger partial charge >= 0.3 is 5.97 Å². The fourth-order valence-corrected chi connectivity index (χ4v) is 4.00. The predicted octanol–water partition coefficient (Wildman–Crippen LogP) is 0.357. The van der Waals surface area contributed by atoms with E-state index in [2.05, 4.69) is 17.2 Å². The summed E-state index contributed by atoms with van der Waals surface area (Å²) in [6, 6.07) is 4.66. The van der Waals surface area contributed by atoms with Gasteiger partial charge in [0.25, 0.3) is 5.91 Å². The summed E-state index contributed by atoms with van der Waals surface area (Å²) in [5.41, 5.74) is 2.01. The standard InChI is InChI=1S/C27H34N2O10/c30-24-7-6-23(26(33)28-24)29-19-22-20(3-1-5-21(22)27(29)34)4-2-9-35-11-13-37-15-17-39-18-16-38-14-12-36-10-8-25(31)32/h1,3,5,23H,6-19H2,(H,31,32)(H,28,30,33). The van der Waals surface area contributed by atoms with Gasteiger partial charge in [0.05, 0.1) is 65.9 Å². The molecule has 12 heteroatoms. The summed E-state index contributed by atoms with van der Waals surface area (Å²) < 4.78 is 26.7. The average Bonchev–Trinajstić information content (AvgIpc) is 3.24. The molecule has 3 amide bonds. The molecule has 2 aliphatic heterocycles. The normalized spacial score (nSPS) is 16.6. The number of benzene rings is 1. The summed E-state index contributed by atoms with van der Waals surface area (Å²) >= 11 is 0. The Morgan fingerprint density at radius 3 is 2.15 bits per heavy atom. The number of hydrogen-bond acceptors (Lipinski definition) is 9. The van der Waals surface area contributed by atoms with Gasteiger partial charge in [-0.15, -0.1) is 0 Å². The number of hydrogen-bond donors (Lipinski definition) is 2. The molecule has 2 heterocycles. The van der Waals surface area contributed by atoms with Crippen molar-refractivity contribution in [1.29, 1.82) is 0 Å². The molecule has 0 aliphatic carbocycles. The molecule has 0 saturated carbocycles. The number of carbonyl (C=O) groups excluding carboxylic acids is 3. The molecule has 0 radical (unpaired) electrons. The van der Waals surface area contributed by atoms with Crippen LogP contribution in [0.25, 0.3) is 0 Å². The van der Waals surface area contributed by atoms with Gasteiger partial charge in [0.2, 0.25) is 11.8 Å². The van der Waals surface area contributed by atoms with Crippen molar-refractivity contribution in [1.82, 2.24) is 10.2 Å². The van der Waals surface area contributed by atoms with Crippen molar-refractivity contribution in [2.45, 2.75) is 31.8 Å². The first kappa shape index (κ1) is 30.2. The van der Waals surface area contributed by atoms with E-state index in [9.17, 15) is 19.2 Å². The fraction of sp³-hybridized carbons (Fsp3) is 0.556. The number of amides is 3. The second-order valence-electron chi connectivity index (χ2n) is 8.68. The second-order valence-corrected chi connectivity index (χ2v) is 8.68. The molecule has 212 valence electrons. The lowest BCUT2D eigenvalue weighted by Gasteiger charge is -2.29. The predicted molar refractivity (Wildman–Crippen MR) is 136 cm³/mol. The summed E-state index contributed by atoms with van der Waals surface area (Å²) in [6.45, 7) is 3.81. The van der Waals surface area contributed by atoms with E-state index in [-0.39, 0.29) is 44.4 Å². The highest BCUT2D eigenvalue weighted by Gasteiger charge is 2.39. The number of nitrogens with one attached hydrogen (secondary N) is 1. The molecule has 12 nitrogen and oxygen atoms in total. The van der Waals surface area contributed by atoms with Crippen molar-refractivity contribution >= 4 is 23.7 Å². The van der Waals surface area contributed by atoms with E-state index in [1.165, 1.54) is 4.90 Å². The molecule has 1 atom stereocenters. The van der Waals surface area contributed by atoms with E-state index < -0.39 is 17.9 Å². The van der Waals surface area contributed by atoms with E-state index in [0.29, 0.717) is 70.4 Å². The number of nitrogens with zero attached hydrogens (tertiary/aromatic N) is 1. The Balaban J connectivity index is 1.23. The van der Waals surface area contributed by atoms with Crippen LogP contribution >= 0.6 is 0 Å². The van der Waals surface area contributed by atoms with Crippen molar-refractivity contribution in [2.24, 2.45) is 0 Å². The minimum Gasteiger partial charge on any atom is -0.481 e. The molecule has 0 spiro atoms. The number of piperidine rings is 1. The van der Waals surface area contributed by atoms with E-state index in [0.717, 1.165) is 5.56 Å². The van der Waals surface area contributed by atoms with Gasteiger partial charge in [-0.05, 0) is 24.1 Å². The first-order chi connectivity index (χ1) is 19.0. The zero-order valence-corrected chi connectivity index (χ0v) is 21.8. The zero-order chi connectivity index (χ0) is 27.9. The maximum Gasteiger partial charge on any atom is 0.305 e. The Morgan fingerprint density at radius 2 is 1.54 bits per heavy atom. The number of carbonyl (C=O) groups is 4. The van der Waals surface area contributed by atoms with Crippen LogP contribution in [0.2, 0.25) is 0 Å². The molecular weight excluding hydrogens is 512 g/mol. The third kappa shape index (κ3) is 10.0. The van der Waals surface area contributed by atoms with Crippen molar-refractivity contribution in [3.8, 4) is 11.8 Å². The summed E-state index contributed by atoms with van der Waals surface area (Å²) in [6.07, 6.45) is 0.507. The fourth-order valence-electron chi connectivity index (χ4n) is 4.00. The van der Waals surface area contributed by atoms with Crippen LogP contribution in [0.4, 0.5) is 0 Å². The lowest BCUT2D eigenvalue weighted by molar-refractivity contribution is -0.139. The first-order valence-electron chi connectivity index (χ1n) is 12.8. The summed E-state index contributed by atoms with van der Waals surface area (Å²) in [5.74, 6) is 4.13. The van der Waals surface area contributed by atoms with Crippen LogP contribution in [0, 0.1) is 11.8 Å². The van der Waals surface area contributed by atoms with Gasteiger partial charge in [-0.2, -0.15) is 0 Å². The van der Waals surface area contributed by atoms with Crippen molar-refractivity contribution in [3.05, 3.63) is 34.9 Å². The van der Waals surface area contributed by atoms with Crippen LogP contribution in [-0.4, -0.2) is 106 Å². The molecule has 0 bridgehead atoms. The van der Waals surface area contributed by atoms with Gasteiger partial charge in [-0.1, -0.05) is 17.9 Å². The molecule has 1 aromatic rings. The number of imide groups is 1. The van der Waals surface area contributed by atoms with Gasteiger partial charge in [0, 0.05) is 24.1 Å². The van der Waals surface area contributed by atoms with E-state index in [1.54, 1.807) is 12.1 Å². The highest BCUT2D eigenvalue weighted by molar-refractivity contribution is 6.05. The average molecular weight is 547 g/mol. The SMILES string of the molecule is O=C(O)CCOCCOCCOCCOCCOCC#Cc1cccc2c1CN(C1CCC(=O)NC1=O)C2=O. The Morgan fingerprint density at radius 1 is 0.923 bits per heavy atom. The molecular formula is C27H34N2O10. The molecule has 1 fully saturated rings. The number of carboxylic acids is 1. The maximum absolute atomic E-state index is 12.9. The van der Waals surface area contributed by atoms with Crippen LogP contribution in [0.15, 0.2) is 18.2 Å². The van der Waals surface area contributed by atoms with Gasteiger partial charge in [0.15, 0.2) is 0 Å². The number of ether oxygens (including phenoxy) is 5. The minimum absolute atomic E-state index is 0.0192. The van der Waals surface area contributed by atoms with Gasteiger partial charge in [-0.3, -0.25) is 24.5 Å². The second kappa shape index (κ2) is 16.6. The summed E-state index contributed by atoms with van der Waals surface area (Å²) in [4.78, 5) is 48.4. The van der Waals surface area contributed by atoms with E-state index in [4.69, 9.17) is 28.8 Å². The maximum atomic E-state index is 12.9.